The molecular formula is C14H11Br3N2OS. The molecule has 0 saturated heterocycles. The number of nitrogens with one attached hydrogen (secondary N) is 1. The third-order valence-electron chi connectivity index (χ3n) is 2.77. The van der Waals surface area contributed by atoms with Gasteiger partial charge in [0.2, 0.25) is 0 Å². The number of benzene rings is 2. The van der Waals surface area contributed by atoms with E-state index in [1.807, 2.05) is 30.3 Å². The summed E-state index contributed by atoms with van der Waals surface area (Å²) in [5.74, 6) is 0.729. The maximum absolute atomic E-state index is 5.80. The molecule has 3 N–H and O–H groups in total. The van der Waals surface area contributed by atoms with Gasteiger partial charge >= 0.3 is 0 Å². The molecule has 3 nitrogen and oxygen atoms in total. The number of rotatable bonds is 4. The molecule has 0 unspecified atom stereocenters. The Balaban J connectivity index is 2.48. The SMILES string of the molecule is COc1cc(Nc2cccc(Br)c2C(N)=S)c(Br)cc1Br. The molecule has 0 aliphatic heterocycles. The van der Waals surface area contributed by atoms with Crippen LogP contribution in [0.3, 0.4) is 0 Å². The van der Waals surface area contributed by atoms with Crippen molar-refractivity contribution in [1.29, 1.82) is 0 Å². The Morgan fingerprint density at radius 1 is 1.10 bits per heavy atom. The molecule has 0 aliphatic carbocycles. The third-order valence-corrected chi connectivity index (χ3v) is 4.91. The molecule has 2 rings (SSSR count). The summed E-state index contributed by atoms with van der Waals surface area (Å²) < 4.78 is 7.92. The van der Waals surface area contributed by atoms with Gasteiger partial charge in [-0.3, -0.25) is 0 Å². The Hall–Kier alpha value is -0.630. The van der Waals surface area contributed by atoms with E-state index in [4.69, 9.17) is 22.7 Å². The summed E-state index contributed by atoms with van der Waals surface area (Å²) in [5, 5.41) is 3.32. The number of halogens is 3. The van der Waals surface area contributed by atoms with E-state index in [-0.39, 0.29) is 0 Å². The predicted molar refractivity (Wildman–Crippen MR) is 102 cm³/mol. The molecule has 0 fully saturated rings. The standard InChI is InChI=1S/C14H11Br3N2OS/c1-20-12-6-11(8(16)5-9(12)17)19-10-4-2-3-7(15)13(10)14(18)21/h2-6,19H,1H3,(H2,18,21). The van der Waals surface area contributed by atoms with Crippen molar-refractivity contribution in [2.45, 2.75) is 0 Å². The summed E-state index contributed by atoms with van der Waals surface area (Å²) in [4.78, 5) is 0.324. The van der Waals surface area contributed by atoms with Crippen molar-refractivity contribution in [1.82, 2.24) is 0 Å². The number of hydrogen-bond acceptors (Lipinski definition) is 3. The van der Waals surface area contributed by atoms with E-state index >= 15 is 0 Å². The van der Waals surface area contributed by atoms with Crippen molar-refractivity contribution in [3.8, 4) is 5.75 Å². The highest BCUT2D eigenvalue weighted by Gasteiger charge is 2.12. The highest BCUT2D eigenvalue weighted by Crippen LogP contribution is 2.37. The van der Waals surface area contributed by atoms with Gasteiger partial charge in [-0.2, -0.15) is 0 Å². The van der Waals surface area contributed by atoms with Crippen molar-refractivity contribution in [2.75, 3.05) is 12.4 Å². The first-order valence-electron chi connectivity index (χ1n) is 5.82. The van der Waals surface area contributed by atoms with Crippen LogP contribution >= 0.6 is 60.0 Å². The zero-order chi connectivity index (χ0) is 15.6. The van der Waals surface area contributed by atoms with Crippen molar-refractivity contribution in [3.05, 3.63) is 49.3 Å². The quantitative estimate of drug-likeness (QED) is 0.562. The Bertz CT molecular complexity index is 707. The Morgan fingerprint density at radius 2 is 1.81 bits per heavy atom. The summed E-state index contributed by atoms with van der Waals surface area (Å²) in [6.07, 6.45) is 0. The number of ether oxygens (including phenoxy) is 1. The Labute approximate surface area is 153 Å². The van der Waals surface area contributed by atoms with Crippen LogP contribution in [0.5, 0.6) is 5.75 Å². The van der Waals surface area contributed by atoms with Gasteiger partial charge in [-0.25, -0.2) is 0 Å². The van der Waals surface area contributed by atoms with Crippen LogP contribution in [0.25, 0.3) is 0 Å². The molecule has 0 radical (unpaired) electrons. The Morgan fingerprint density at radius 3 is 2.43 bits per heavy atom. The van der Waals surface area contributed by atoms with Crippen molar-refractivity contribution >= 4 is 76.4 Å². The number of nitrogens with two attached hydrogens (primary N) is 1. The lowest BCUT2D eigenvalue weighted by molar-refractivity contribution is 0.412. The third kappa shape index (κ3) is 3.77. The van der Waals surface area contributed by atoms with E-state index in [0.29, 0.717) is 4.99 Å². The van der Waals surface area contributed by atoms with Crippen molar-refractivity contribution in [2.24, 2.45) is 5.73 Å². The van der Waals surface area contributed by atoms with Crippen LogP contribution in [0.4, 0.5) is 11.4 Å². The minimum Gasteiger partial charge on any atom is -0.495 e. The minimum absolute atomic E-state index is 0.324. The lowest BCUT2D eigenvalue weighted by atomic mass is 10.1. The fourth-order valence-corrected chi connectivity index (χ4v) is 3.99. The van der Waals surface area contributed by atoms with Gasteiger partial charge in [-0.05, 0) is 66.0 Å². The minimum atomic E-state index is 0.324. The average Bonchev–Trinajstić information content (AvgIpc) is 2.41. The summed E-state index contributed by atoms with van der Waals surface area (Å²) in [6.45, 7) is 0. The van der Waals surface area contributed by atoms with Gasteiger partial charge in [-0.1, -0.05) is 18.3 Å². The van der Waals surface area contributed by atoms with Gasteiger partial charge < -0.3 is 15.8 Å². The molecule has 7 heteroatoms. The molecule has 21 heavy (non-hydrogen) atoms. The normalized spacial score (nSPS) is 10.3. The molecule has 0 saturated carbocycles. The molecule has 0 amide bonds. The van der Waals surface area contributed by atoms with Gasteiger partial charge in [-0.15, -0.1) is 0 Å². The molecule has 0 heterocycles. The number of thiocarbonyl (C=S) groups is 1. The number of methoxy groups -OCH3 is 1. The lowest BCUT2D eigenvalue weighted by Crippen LogP contribution is -2.13. The van der Waals surface area contributed by atoms with Gasteiger partial charge in [0.15, 0.2) is 0 Å². The van der Waals surface area contributed by atoms with E-state index in [1.165, 1.54) is 0 Å². The molecule has 0 bridgehead atoms. The molecule has 0 atom stereocenters. The maximum atomic E-state index is 5.80. The molecule has 2 aromatic carbocycles. The van der Waals surface area contributed by atoms with Gasteiger partial charge in [0.1, 0.15) is 10.7 Å². The molecule has 0 aromatic heterocycles. The largest absolute Gasteiger partial charge is 0.495 e. The molecule has 0 aliphatic rings. The second-order valence-electron chi connectivity index (χ2n) is 4.12. The average molecular weight is 495 g/mol. The van der Waals surface area contributed by atoms with Crippen LogP contribution in [0.15, 0.2) is 43.7 Å². The van der Waals surface area contributed by atoms with Crippen LogP contribution in [0, 0.1) is 0 Å². The molecular weight excluding hydrogens is 484 g/mol. The Kier molecular flexibility index (Phi) is 5.65. The summed E-state index contributed by atoms with van der Waals surface area (Å²) in [6, 6.07) is 9.54. The fraction of sp³-hybridized carbons (Fsp3) is 0.0714. The maximum Gasteiger partial charge on any atom is 0.135 e. The van der Waals surface area contributed by atoms with Crippen LogP contribution < -0.4 is 15.8 Å². The van der Waals surface area contributed by atoms with Gasteiger partial charge in [0, 0.05) is 26.3 Å². The van der Waals surface area contributed by atoms with E-state index in [1.54, 1.807) is 7.11 Å². The highest BCUT2D eigenvalue weighted by molar-refractivity contribution is 9.11. The highest BCUT2D eigenvalue weighted by atomic mass is 79.9. The predicted octanol–water partition coefficient (Wildman–Crippen LogP) is 5.36. The summed E-state index contributed by atoms with van der Waals surface area (Å²) in [5.41, 5.74) is 8.24. The van der Waals surface area contributed by atoms with Crippen molar-refractivity contribution in [3.63, 3.8) is 0 Å². The second-order valence-corrected chi connectivity index (χ2v) is 7.12. The summed E-state index contributed by atoms with van der Waals surface area (Å²) in [7, 11) is 1.62. The van der Waals surface area contributed by atoms with Crippen LogP contribution in [-0.4, -0.2) is 12.1 Å². The smallest absolute Gasteiger partial charge is 0.135 e. The topological polar surface area (TPSA) is 47.3 Å². The first-order valence-corrected chi connectivity index (χ1v) is 8.61. The number of anilines is 2. The second kappa shape index (κ2) is 7.09. The fourth-order valence-electron chi connectivity index (χ4n) is 1.81. The van der Waals surface area contributed by atoms with Crippen LogP contribution in [0.1, 0.15) is 5.56 Å². The van der Waals surface area contributed by atoms with Crippen LogP contribution in [0.2, 0.25) is 0 Å². The van der Waals surface area contributed by atoms with Gasteiger partial charge in [0.05, 0.1) is 17.3 Å². The number of hydrogen-bond donors (Lipinski definition) is 2. The molecule has 0 spiro atoms. The van der Waals surface area contributed by atoms with Crippen molar-refractivity contribution < 1.29 is 4.74 Å². The van der Waals surface area contributed by atoms with Crippen LogP contribution in [-0.2, 0) is 0 Å². The molecule has 110 valence electrons. The van der Waals surface area contributed by atoms with E-state index in [2.05, 4.69) is 53.1 Å². The zero-order valence-corrected chi connectivity index (χ0v) is 16.5. The lowest BCUT2D eigenvalue weighted by Gasteiger charge is -2.15. The first-order chi connectivity index (χ1) is 9.93. The van der Waals surface area contributed by atoms with E-state index in [0.717, 1.165) is 36.1 Å². The monoisotopic (exact) mass is 492 g/mol. The summed E-state index contributed by atoms with van der Waals surface area (Å²) >= 11 is 15.6. The van der Waals surface area contributed by atoms with Gasteiger partial charge in [0.25, 0.3) is 0 Å². The van der Waals surface area contributed by atoms with E-state index in [9.17, 15) is 0 Å². The zero-order valence-electron chi connectivity index (χ0n) is 10.9. The van der Waals surface area contributed by atoms with E-state index < -0.39 is 0 Å². The molecule has 2 aromatic rings. The first kappa shape index (κ1) is 16.7.